The summed E-state index contributed by atoms with van der Waals surface area (Å²) in [6, 6.07) is 0. The van der Waals surface area contributed by atoms with Crippen molar-refractivity contribution >= 4 is 27.7 Å². The fraction of sp³-hybridized carbons (Fsp3) is 0.750. The second-order valence-corrected chi connectivity index (χ2v) is 5.35. The van der Waals surface area contributed by atoms with E-state index in [1.54, 1.807) is 0 Å². The van der Waals surface area contributed by atoms with E-state index in [1.807, 2.05) is 11.8 Å². The molecule has 10 heavy (non-hydrogen) atoms. The topological polar surface area (TPSA) is 0 Å². The lowest BCUT2D eigenvalue weighted by Crippen LogP contribution is -1.95. The van der Waals surface area contributed by atoms with E-state index in [0.717, 1.165) is 5.25 Å². The van der Waals surface area contributed by atoms with Gasteiger partial charge in [0.05, 0.1) is 0 Å². The third-order valence-electron chi connectivity index (χ3n) is 1.70. The van der Waals surface area contributed by atoms with Gasteiger partial charge in [-0.15, -0.1) is 11.8 Å². The van der Waals surface area contributed by atoms with Gasteiger partial charge in [-0.25, -0.2) is 0 Å². The number of halogens is 1. The molecule has 1 aliphatic rings. The molecule has 0 radical (unpaired) electrons. The first-order valence-corrected chi connectivity index (χ1v) is 5.52. The number of hydrogen-bond donors (Lipinski definition) is 0. The van der Waals surface area contributed by atoms with Crippen molar-refractivity contribution in [2.24, 2.45) is 0 Å². The molecule has 0 bridgehead atoms. The van der Waals surface area contributed by atoms with E-state index in [2.05, 4.69) is 28.9 Å². The van der Waals surface area contributed by atoms with Crippen molar-refractivity contribution in [2.75, 3.05) is 0 Å². The van der Waals surface area contributed by atoms with Crippen LogP contribution in [-0.4, -0.2) is 5.25 Å². The Bertz CT molecular complexity index is 131. The summed E-state index contributed by atoms with van der Waals surface area (Å²) in [5.41, 5.74) is 0. The molecule has 0 saturated heterocycles. The van der Waals surface area contributed by atoms with Crippen LogP contribution in [0.3, 0.4) is 0 Å². The molecule has 1 heterocycles. The molecule has 1 rings (SSSR count). The van der Waals surface area contributed by atoms with E-state index in [9.17, 15) is 0 Å². The Hall–Kier alpha value is 0.570. The first-order chi connectivity index (χ1) is 4.83. The monoisotopic (exact) mass is 220 g/mol. The van der Waals surface area contributed by atoms with Crippen molar-refractivity contribution in [1.82, 2.24) is 0 Å². The summed E-state index contributed by atoms with van der Waals surface area (Å²) in [4.78, 5) is 0. The largest absolute Gasteiger partial charge is 0.115 e. The first-order valence-electron chi connectivity index (χ1n) is 3.85. The van der Waals surface area contributed by atoms with Gasteiger partial charge in [0.25, 0.3) is 0 Å². The fourth-order valence-electron chi connectivity index (χ4n) is 1.09. The van der Waals surface area contributed by atoms with E-state index in [0.29, 0.717) is 0 Å². The van der Waals surface area contributed by atoms with E-state index in [4.69, 9.17) is 0 Å². The number of hydrogen-bond acceptors (Lipinski definition) is 1. The predicted octanol–water partition coefficient (Wildman–Crippen LogP) is 3.92. The van der Waals surface area contributed by atoms with E-state index >= 15 is 0 Å². The summed E-state index contributed by atoms with van der Waals surface area (Å²) in [5.74, 6) is 0. The smallest absolute Gasteiger partial charge is 0.0466 e. The molecule has 0 aromatic rings. The Morgan fingerprint density at radius 2 is 2.60 bits per heavy atom. The van der Waals surface area contributed by atoms with Crippen molar-refractivity contribution in [3.63, 3.8) is 0 Å². The van der Waals surface area contributed by atoms with Crippen molar-refractivity contribution in [3.05, 3.63) is 9.89 Å². The van der Waals surface area contributed by atoms with Gasteiger partial charge in [0.1, 0.15) is 0 Å². The summed E-state index contributed by atoms with van der Waals surface area (Å²) in [7, 11) is 0. The number of unbranched alkanes of at least 4 members (excludes halogenated alkanes) is 1. The van der Waals surface area contributed by atoms with Crippen LogP contribution in [0.25, 0.3) is 0 Å². The minimum Gasteiger partial charge on any atom is -0.115 e. The highest BCUT2D eigenvalue weighted by atomic mass is 79.9. The molecule has 0 aromatic carbocycles. The quantitative estimate of drug-likeness (QED) is 0.696. The van der Waals surface area contributed by atoms with Crippen LogP contribution in [0.1, 0.15) is 32.6 Å². The van der Waals surface area contributed by atoms with Crippen molar-refractivity contribution < 1.29 is 0 Å². The average Bonchev–Trinajstić information content (AvgIpc) is 2.31. The molecular formula is C8H13BrS. The number of rotatable bonds is 3. The van der Waals surface area contributed by atoms with Crippen LogP contribution in [0.15, 0.2) is 9.89 Å². The highest BCUT2D eigenvalue weighted by Gasteiger charge is 2.14. The Morgan fingerprint density at radius 1 is 1.80 bits per heavy atom. The predicted molar refractivity (Wildman–Crippen MR) is 52.5 cm³/mol. The summed E-state index contributed by atoms with van der Waals surface area (Å²) in [6.07, 6.45) is 7.64. The standard InChI is InChI=1S/C8H13BrS/c1-2-3-4-7-5-6-8(9)10-7/h6-7H,2-5H2,1H3. The van der Waals surface area contributed by atoms with Crippen LogP contribution in [0.5, 0.6) is 0 Å². The zero-order valence-corrected chi connectivity index (χ0v) is 8.67. The Morgan fingerprint density at radius 3 is 3.10 bits per heavy atom. The van der Waals surface area contributed by atoms with Crippen LogP contribution in [-0.2, 0) is 0 Å². The van der Waals surface area contributed by atoms with Crippen LogP contribution in [0.4, 0.5) is 0 Å². The zero-order valence-electron chi connectivity index (χ0n) is 6.27. The summed E-state index contributed by atoms with van der Waals surface area (Å²) in [6.45, 7) is 2.25. The highest BCUT2D eigenvalue weighted by molar-refractivity contribution is 9.14. The number of allylic oxidation sites excluding steroid dienone is 1. The van der Waals surface area contributed by atoms with Gasteiger partial charge in [0.2, 0.25) is 0 Å². The van der Waals surface area contributed by atoms with Crippen molar-refractivity contribution in [1.29, 1.82) is 0 Å². The van der Waals surface area contributed by atoms with Crippen LogP contribution in [0.2, 0.25) is 0 Å². The van der Waals surface area contributed by atoms with Gasteiger partial charge in [-0.05, 0) is 28.8 Å². The van der Waals surface area contributed by atoms with Gasteiger partial charge in [0, 0.05) is 9.06 Å². The fourth-order valence-corrected chi connectivity index (χ4v) is 3.06. The number of thioether (sulfide) groups is 1. The molecule has 58 valence electrons. The van der Waals surface area contributed by atoms with Gasteiger partial charge < -0.3 is 0 Å². The zero-order chi connectivity index (χ0) is 7.40. The molecular weight excluding hydrogens is 208 g/mol. The lowest BCUT2D eigenvalue weighted by Gasteiger charge is -2.05. The van der Waals surface area contributed by atoms with Crippen LogP contribution < -0.4 is 0 Å². The molecule has 0 fully saturated rings. The maximum atomic E-state index is 3.49. The second kappa shape index (κ2) is 4.45. The van der Waals surface area contributed by atoms with Crippen LogP contribution >= 0.6 is 27.7 Å². The lowest BCUT2D eigenvalue weighted by molar-refractivity contribution is 0.693. The Labute approximate surface area is 75.6 Å². The molecule has 0 saturated carbocycles. The SMILES string of the molecule is CCCCC1CC=C(Br)S1. The summed E-state index contributed by atoms with van der Waals surface area (Å²) >= 11 is 5.48. The first kappa shape index (κ1) is 8.66. The summed E-state index contributed by atoms with van der Waals surface area (Å²) < 4.78 is 1.34. The lowest BCUT2D eigenvalue weighted by atomic mass is 10.1. The molecule has 0 spiro atoms. The Kier molecular flexibility index (Phi) is 3.85. The summed E-state index contributed by atoms with van der Waals surface area (Å²) in [5, 5.41) is 0.870. The molecule has 2 heteroatoms. The molecule has 0 aromatic heterocycles. The molecule has 0 nitrogen and oxygen atoms in total. The van der Waals surface area contributed by atoms with E-state index < -0.39 is 0 Å². The van der Waals surface area contributed by atoms with Crippen molar-refractivity contribution in [3.8, 4) is 0 Å². The van der Waals surface area contributed by atoms with Gasteiger partial charge in [0.15, 0.2) is 0 Å². The minimum absolute atomic E-state index is 0.870. The molecule has 0 aliphatic carbocycles. The van der Waals surface area contributed by atoms with Crippen molar-refractivity contribution in [2.45, 2.75) is 37.9 Å². The molecule has 1 unspecified atom stereocenters. The molecule has 0 amide bonds. The maximum absolute atomic E-state index is 3.49. The maximum Gasteiger partial charge on any atom is 0.0466 e. The van der Waals surface area contributed by atoms with E-state index in [-0.39, 0.29) is 0 Å². The van der Waals surface area contributed by atoms with Gasteiger partial charge in [-0.2, -0.15) is 0 Å². The minimum atomic E-state index is 0.870. The third kappa shape index (κ3) is 2.67. The Balaban J connectivity index is 2.11. The van der Waals surface area contributed by atoms with Gasteiger partial charge in [-0.1, -0.05) is 25.8 Å². The second-order valence-electron chi connectivity index (χ2n) is 2.63. The van der Waals surface area contributed by atoms with Gasteiger partial charge >= 0.3 is 0 Å². The highest BCUT2D eigenvalue weighted by Crippen LogP contribution is 2.38. The molecule has 1 aliphatic heterocycles. The molecule has 1 atom stereocenters. The normalized spacial score (nSPS) is 25.0. The van der Waals surface area contributed by atoms with E-state index in [1.165, 1.54) is 29.5 Å². The molecule has 0 N–H and O–H groups in total. The van der Waals surface area contributed by atoms with Gasteiger partial charge in [-0.3, -0.25) is 0 Å². The third-order valence-corrected chi connectivity index (χ3v) is 3.74. The van der Waals surface area contributed by atoms with Crippen LogP contribution in [0, 0.1) is 0 Å². The average molecular weight is 221 g/mol.